The summed E-state index contributed by atoms with van der Waals surface area (Å²) in [5.74, 6) is 1.57. The minimum absolute atomic E-state index is 0.181. The second-order valence-electron chi connectivity index (χ2n) is 4.00. The molecule has 0 fully saturated rings. The number of nitrogens with zero attached hydrogens (tertiary/aromatic N) is 2. The van der Waals surface area contributed by atoms with Crippen LogP contribution in [0.2, 0.25) is 0 Å². The SMILES string of the molecule is Cc1nsc(NC(=O)C2COc3ccccc3O2)n1. The van der Waals surface area contributed by atoms with Crippen molar-refractivity contribution < 1.29 is 14.3 Å². The van der Waals surface area contributed by atoms with E-state index in [2.05, 4.69) is 14.7 Å². The molecule has 1 atom stereocenters. The number of benzene rings is 1. The summed E-state index contributed by atoms with van der Waals surface area (Å²) in [4.78, 5) is 16.1. The van der Waals surface area contributed by atoms with E-state index in [1.165, 1.54) is 0 Å². The van der Waals surface area contributed by atoms with Crippen LogP contribution in [0, 0.1) is 6.92 Å². The minimum Gasteiger partial charge on any atom is -0.485 e. The van der Waals surface area contributed by atoms with Gasteiger partial charge in [-0.25, -0.2) is 4.98 Å². The average Bonchev–Trinajstić information content (AvgIpc) is 2.83. The number of amides is 1. The minimum atomic E-state index is -0.681. The van der Waals surface area contributed by atoms with Gasteiger partial charge in [0.05, 0.1) is 0 Å². The van der Waals surface area contributed by atoms with Gasteiger partial charge in [0, 0.05) is 11.5 Å². The summed E-state index contributed by atoms with van der Waals surface area (Å²) in [5.41, 5.74) is 0. The summed E-state index contributed by atoms with van der Waals surface area (Å²) in [6.45, 7) is 1.95. The Hall–Kier alpha value is -2.15. The smallest absolute Gasteiger partial charge is 0.270 e. The van der Waals surface area contributed by atoms with Gasteiger partial charge < -0.3 is 9.47 Å². The van der Waals surface area contributed by atoms with Crippen LogP contribution in [0.1, 0.15) is 5.82 Å². The second-order valence-corrected chi connectivity index (χ2v) is 4.75. The summed E-state index contributed by atoms with van der Waals surface area (Å²) in [6.07, 6.45) is -0.681. The van der Waals surface area contributed by atoms with Crippen molar-refractivity contribution in [1.82, 2.24) is 9.36 Å². The van der Waals surface area contributed by atoms with Crippen LogP contribution in [0.25, 0.3) is 0 Å². The molecule has 2 aromatic rings. The number of ether oxygens (including phenoxy) is 2. The number of nitrogens with one attached hydrogen (secondary N) is 1. The molecule has 0 aliphatic carbocycles. The Kier molecular flexibility index (Phi) is 3.04. The highest BCUT2D eigenvalue weighted by Gasteiger charge is 2.27. The molecule has 0 spiro atoms. The van der Waals surface area contributed by atoms with Crippen LogP contribution >= 0.6 is 11.5 Å². The van der Waals surface area contributed by atoms with Crippen molar-refractivity contribution in [2.24, 2.45) is 0 Å². The predicted molar refractivity (Wildman–Crippen MR) is 69.6 cm³/mol. The van der Waals surface area contributed by atoms with E-state index in [4.69, 9.17) is 9.47 Å². The summed E-state index contributed by atoms with van der Waals surface area (Å²) >= 11 is 1.14. The molecule has 0 radical (unpaired) electrons. The number of anilines is 1. The lowest BCUT2D eigenvalue weighted by atomic mass is 10.2. The van der Waals surface area contributed by atoms with Crippen LogP contribution in [-0.4, -0.2) is 28.0 Å². The first-order chi connectivity index (χ1) is 9.22. The number of aryl methyl sites for hydroxylation is 1. The first-order valence-electron chi connectivity index (χ1n) is 5.72. The van der Waals surface area contributed by atoms with Crippen molar-refractivity contribution in [2.75, 3.05) is 11.9 Å². The molecule has 7 heteroatoms. The third-order valence-electron chi connectivity index (χ3n) is 2.56. The maximum Gasteiger partial charge on any atom is 0.270 e. The first kappa shape index (κ1) is 11.9. The molecule has 1 aliphatic heterocycles. The van der Waals surface area contributed by atoms with Gasteiger partial charge in [0.15, 0.2) is 11.5 Å². The van der Waals surface area contributed by atoms with Gasteiger partial charge in [-0.2, -0.15) is 4.37 Å². The highest BCUT2D eigenvalue weighted by atomic mass is 32.1. The van der Waals surface area contributed by atoms with E-state index in [1.807, 2.05) is 12.1 Å². The van der Waals surface area contributed by atoms with Crippen LogP contribution in [0.15, 0.2) is 24.3 Å². The van der Waals surface area contributed by atoms with Crippen molar-refractivity contribution in [3.05, 3.63) is 30.1 Å². The highest BCUT2D eigenvalue weighted by molar-refractivity contribution is 7.09. The Morgan fingerprint density at radius 2 is 2.21 bits per heavy atom. The topological polar surface area (TPSA) is 73.3 Å². The Labute approximate surface area is 113 Å². The van der Waals surface area contributed by atoms with E-state index in [9.17, 15) is 4.79 Å². The lowest BCUT2D eigenvalue weighted by Crippen LogP contribution is -2.40. The molecule has 1 aromatic heterocycles. The zero-order valence-electron chi connectivity index (χ0n) is 10.1. The largest absolute Gasteiger partial charge is 0.485 e. The average molecular weight is 277 g/mol. The van der Waals surface area contributed by atoms with E-state index in [-0.39, 0.29) is 12.5 Å². The lowest BCUT2D eigenvalue weighted by molar-refractivity contribution is -0.125. The van der Waals surface area contributed by atoms with Gasteiger partial charge >= 0.3 is 0 Å². The van der Waals surface area contributed by atoms with Gasteiger partial charge in [-0.15, -0.1) is 0 Å². The fourth-order valence-corrected chi connectivity index (χ4v) is 2.26. The summed E-state index contributed by atoms with van der Waals surface area (Å²) in [6, 6.07) is 7.25. The molecule has 1 unspecified atom stereocenters. The Morgan fingerprint density at radius 3 is 2.95 bits per heavy atom. The number of carbonyl (C=O) groups excluding carboxylic acids is 1. The number of carbonyl (C=O) groups is 1. The summed E-state index contributed by atoms with van der Waals surface area (Å²) < 4.78 is 15.1. The number of rotatable bonds is 2. The molecule has 98 valence electrons. The van der Waals surface area contributed by atoms with Crippen molar-refractivity contribution in [3.63, 3.8) is 0 Å². The molecule has 2 heterocycles. The number of aromatic nitrogens is 2. The van der Waals surface area contributed by atoms with E-state index in [1.54, 1.807) is 19.1 Å². The lowest BCUT2D eigenvalue weighted by Gasteiger charge is -2.25. The van der Waals surface area contributed by atoms with Gasteiger partial charge in [0.2, 0.25) is 11.2 Å². The molecule has 19 heavy (non-hydrogen) atoms. The Balaban J connectivity index is 1.69. The molecule has 0 saturated heterocycles. The van der Waals surface area contributed by atoms with E-state index in [0.29, 0.717) is 22.5 Å². The second kappa shape index (κ2) is 4.85. The van der Waals surface area contributed by atoms with Crippen molar-refractivity contribution >= 4 is 22.6 Å². The fraction of sp³-hybridized carbons (Fsp3) is 0.250. The van der Waals surface area contributed by atoms with Gasteiger partial charge in [0.1, 0.15) is 12.4 Å². The molecule has 1 N–H and O–H groups in total. The first-order valence-corrected chi connectivity index (χ1v) is 6.49. The molecular weight excluding hydrogens is 266 g/mol. The van der Waals surface area contributed by atoms with E-state index >= 15 is 0 Å². The van der Waals surface area contributed by atoms with Crippen LogP contribution < -0.4 is 14.8 Å². The van der Waals surface area contributed by atoms with E-state index in [0.717, 1.165) is 11.5 Å². The molecule has 1 amide bonds. The standard InChI is InChI=1S/C12H11N3O3S/c1-7-13-12(19-15-7)14-11(16)10-6-17-8-4-2-3-5-9(8)18-10/h2-5,10H,6H2,1H3,(H,13,14,15,16). The summed E-state index contributed by atoms with van der Waals surface area (Å²) in [7, 11) is 0. The van der Waals surface area contributed by atoms with Gasteiger partial charge in [-0.05, 0) is 19.1 Å². The van der Waals surface area contributed by atoms with Crippen LogP contribution in [0.5, 0.6) is 11.5 Å². The molecular formula is C12H11N3O3S. The number of para-hydroxylation sites is 2. The maximum atomic E-state index is 12.0. The Bertz CT molecular complexity index is 614. The highest BCUT2D eigenvalue weighted by Crippen LogP contribution is 2.31. The molecule has 6 nitrogen and oxygen atoms in total. The van der Waals surface area contributed by atoms with Gasteiger partial charge in [-0.3, -0.25) is 10.1 Å². The third kappa shape index (κ3) is 2.50. The monoisotopic (exact) mass is 277 g/mol. The third-order valence-corrected chi connectivity index (χ3v) is 3.28. The fourth-order valence-electron chi connectivity index (χ4n) is 1.68. The number of hydrogen-bond acceptors (Lipinski definition) is 6. The molecule has 0 bridgehead atoms. The summed E-state index contributed by atoms with van der Waals surface area (Å²) in [5, 5.41) is 3.13. The maximum absolute atomic E-state index is 12.0. The van der Waals surface area contributed by atoms with Crippen LogP contribution in [-0.2, 0) is 4.79 Å². The van der Waals surface area contributed by atoms with Gasteiger partial charge in [-0.1, -0.05) is 12.1 Å². The van der Waals surface area contributed by atoms with Crippen molar-refractivity contribution in [2.45, 2.75) is 13.0 Å². The number of fused-ring (bicyclic) bond motifs is 1. The molecule has 3 rings (SSSR count). The van der Waals surface area contributed by atoms with Gasteiger partial charge in [0.25, 0.3) is 5.91 Å². The zero-order valence-corrected chi connectivity index (χ0v) is 10.9. The number of hydrogen-bond donors (Lipinski definition) is 1. The molecule has 1 aliphatic rings. The van der Waals surface area contributed by atoms with Crippen LogP contribution in [0.4, 0.5) is 5.13 Å². The van der Waals surface area contributed by atoms with Crippen molar-refractivity contribution in [3.8, 4) is 11.5 Å². The quantitative estimate of drug-likeness (QED) is 0.903. The van der Waals surface area contributed by atoms with E-state index < -0.39 is 6.10 Å². The normalized spacial score (nSPS) is 17.0. The zero-order chi connectivity index (χ0) is 13.2. The Morgan fingerprint density at radius 1 is 1.42 bits per heavy atom. The van der Waals surface area contributed by atoms with Crippen LogP contribution in [0.3, 0.4) is 0 Å². The molecule has 1 aromatic carbocycles. The predicted octanol–water partition coefficient (Wildman–Crippen LogP) is 1.63. The van der Waals surface area contributed by atoms with Crippen molar-refractivity contribution in [1.29, 1.82) is 0 Å². The molecule has 0 saturated carbocycles.